The van der Waals surface area contributed by atoms with Crippen LogP contribution in [0.25, 0.3) is 5.57 Å². The summed E-state index contributed by atoms with van der Waals surface area (Å²) in [7, 11) is 3.94. The number of anilines is 1. The number of carbonyl (C=O) groups is 2. The topological polar surface area (TPSA) is 43.9 Å². The van der Waals surface area contributed by atoms with Gasteiger partial charge in [-0.25, -0.2) is 9.29 Å². The number of halogens is 2. The maximum absolute atomic E-state index is 13.8. The lowest BCUT2D eigenvalue weighted by Gasteiger charge is -2.36. The van der Waals surface area contributed by atoms with Crippen molar-refractivity contribution in [2.45, 2.75) is 18.9 Å². The Hall–Kier alpha value is -2.70. The lowest BCUT2D eigenvalue weighted by molar-refractivity contribution is -0.120. The Bertz CT molecular complexity index is 1010. The number of likely N-dealkylation sites (N-methyl/N-ethyl adjacent to an activating group) is 1. The van der Waals surface area contributed by atoms with Crippen LogP contribution in [0, 0.1) is 5.82 Å². The molecule has 2 aliphatic heterocycles. The van der Waals surface area contributed by atoms with Crippen LogP contribution in [-0.2, 0) is 9.59 Å². The van der Waals surface area contributed by atoms with Gasteiger partial charge in [0.1, 0.15) is 11.5 Å². The van der Waals surface area contributed by atoms with Gasteiger partial charge in [0.15, 0.2) is 0 Å². The molecule has 0 bridgehead atoms. The number of rotatable bonds is 4. The fourth-order valence-electron chi connectivity index (χ4n) is 4.14. The Labute approximate surface area is 180 Å². The fourth-order valence-corrected chi connectivity index (χ4v) is 4.26. The number of likely N-dealkylation sites (tertiary alicyclic amines) is 1. The third-order valence-electron chi connectivity index (χ3n) is 5.85. The van der Waals surface area contributed by atoms with Crippen LogP contribution in [0.1, 0.15) is 18.4 Å². The molecule has 7 heteroatoms. The summed E-state index contributed by atoms with van der Waals surface area (Å²) in [6, 6.07) is 12.5. The SMILES string of the molecule is CN1CCC(N(C)C2=C(c3ccc(Cl)cc3)C(=O)N(c3cccc(F)c3)C2=O)CC1. The summed E-state index contributed by atoms with van der Waals surface area (Å²) in [6.45, 7) is 1.85. The first-order valence-corrected chi connectivity index (χ1v) is 10.3. The Morgan fingerprint density at radius 1 is 1.03 bits per heavy atom. The predicted molar refractivity (Wildman–Crippen MR) is 116 cm³/mol. The molecular formula is C23H23ClFN3O2. The summed E-state index contributed by atoms with van der Waals surface area (Å²) >= 11 is 6.02. The van der Waals surface area contributed by atoms with Gasteiger partial charge in [0, 0.05) is 18.1 Å². The normalized spacial score (nSPS) is 18.5. The van der Waals surface area contributed by atoms with E-state index in [0.29, 0.717) is 21.9 Å². The molecule has 0 atom stereocenters. The predicted octanol–water partition coefficient (Wildman–Crippen LogP) is 3.79. The van der Waals surface area contributed by atoms with Gasteiger partial charge < -0.3 is 9.80 Å². The molecule has 1 fully saturated rings. The monoisotopic (exact) mass is 427 g/mol. The largest absolute Gasteiger partial charge is 0.366 e. The van der Waals surface area contributed by atoms with Gasteiger partial charge in [-0.3, -0.25) is 9.59 Å². The number of nitrogens with zero attached hydrogens (tertiary/aromatic N) is 3. The molecule has 0 aliphatic carbocycles. The van der Waals surface area contributed by atoms with Crippen molar-refractivity contribution < 1.29 is 14.0 Å². The second kappa shape index (κ2) is 8.20. The second-order valence-electron chi connectivity index (χ2n) is 7.80. The molecule has 2 aromatic carbocycles. The first-order valence-electron chi connectivity index (χ1n) is 9.92. The number of piperidine rings is 1. The highest BCUT2D eigenvalue weighted by Crippen LogP contribution is 2.36. The average molecular weight is 428 g/mol. The molecule has 0 saturated carbocycles. The maximum atomic E-state index is 13.8. The Morgan fingerprint density at radius 2 is 1.70 bits per heavy atom. The Kier molecular flexibility index (Phi) is 5.62. The number of carbonyl (C=O) groups excluding carboxylic acids is 2. The zero-order valence-corrected chi connectivity index (χ0v) is 17.7. The highest BCUT2D eigenvalue weighted by molar-refractivity contribution is 6.45. The summed E-state index contributed by atoms with van der Waals surface area (Å²) < 4.78 is 13.8. The van der Waals surface area contributed by atoms with Gasteiger partial charge >= 0.3 is 0 Å². The molecule has 2 aliphatic rings. The van der Waals surface area contributed by atoms with E-state index in [1.165, 1.54) is 18.2 Å². The van der Waals surface area contributed by atoms with Crippen LogP contribution < -0.4 is 4.90 Å². The molecule has 2 amide bonds. The number of imide groups is 1. The van der Waals surface area contributed by atoms with Crippen molar-refractivity contribution in [1.82, 2.24) is 9.80 Å². The fraction of sp³-hybridized carbons (Fsp3) is 0.304. The molecule has 0 spiro atoms. The molecule has 4 rings (SSSR count). The van der Waals surface area contributed by atoms with Crippen LogP contribution in [0.3, 0.4) is 0 Å². The quantitative estimate of drug-likeness (QED) is 0.696. The van der Waals surface area contributed by atoms with Gasteiger partial charge in [-0.2, -0.15) is 0 Å². The molecule has 30 heavy (non-hydrogen) atoms. The zero-order valence-electron chi connectivity index (χ0n) is 16.9. The van der Waals surface area contributed by atoms with Gasteiger partial charge in [-0.15, -0.1) is 0 Å². The molecular weight excluding hydrogens is 405 g/mol. The molecule has 0 N–H and O–H groups in total. The lowest BCUT2D eigenvalue weighted by atomic mass is 10.0. The molecule has 156 valence electrons. The van der Waals surface area contributed by atoms with Crippen molar-refractivity contribution in [1.29, 1.82) is 0 Å². The van der Waals surface area contributed by atoms with Gasteiger partial charge in [0.05, 0.1) is 11.3 Å². The molecule has 0 aromatic heterocycles. The van der Waals surface area contributed by atoms with E-state index in [0.717, 1.165) is 30.8 Å². The van der Waals surface area contributed by atoms with E-state index in [-0.39, 0.29) is 11.7 Å². The van der Waals surface area contributed by atoms with Gasteiger partial charge in [0.2, 0.25) is 0 Å². The van der Waals surface area contributed by atoms with Crippen LogP contribution in [0.4, 0.5) is 10.1 Å². The van der Waals surface area contributed by atoms with E-state index < -0.39 is 17.6 Å². The molecule has 5 nitrogen and oxygen atoms in total. The molecule has 2 heterocycles. The third-order valence-corrected chi connectivity index (χ3v) is 6.10. The van der Waals surface area contributed by atoms with E-state index >= 15 is 0 Å². The lowest BCUT2D eigenvalue weighted by Crippen LogP contribution is -2.43. The van der Waals surface area contributed by atoms with Crippen molar-refractivity contribution in [2.24, 2.45) is 0 Å². The van der Waals surface area contributed by atoms with Crippen LogP contribution in [0.2, 0.25) is 5.02 Å². The summed E-state index contributed by atoms with van der Waals surface area (Å²) in [5.74, 6) is -1.39. The molecule has 0 radical (unpaired) electrons. The van der Waals surface area contributed by atoms with Crippen LogP contribution in [0.5, 0.6) is 0 Å². The van der Waals surface area contributed by atoms with E-state index in [1.807, 2.05) is 11.9 Å². The minimum atomic E-state index is -0.502. The van der Waals surface area contributed by atoms with E-state index in [1.54, 1.807) is 30.3 Å². The number of benzene rings is 2. The number of amides is 2. The minimum Gasteiger partial charge on any atom is -0.366 e. The van der Waals surface area contributed by atoms with Crippen LogP contribution >= 0.6 is 11.6 Å². The average Bonchev–Trinajstić information content (AvgIpc) is 2.99. The minimum absolute atomic E-state index is 0.141. The molecule has 2 aromatic rings. The van der Waals surface area contributed by atoms with Gasteiger partial charge in [-0.1, -0.05) is 29.8 Å². The highest BCUT2D eigenvalue weighted by atomic mass is 35.5. The summed E-state index contributed by atoms with van der Waals surface area (Å²) in [4.78, 5) is 32.1. The Morgan fingerprint density at radius 3 is 2.33 bits per heavy atom. The molecule has 0 unspecified atom stereocenters. The van der Waals surface area contributed by atoms with Crippen LogP contribution in [0.15, 0.2) is 54.2 Å². The van der Waals surface area contributed by atoms with Crippen molar-refractivity contribution in [3.05, 3.63) is 70.6 Å². The first-order chi connectivity index (χ1) is 14.4. The van der Waals surface area contributed by atoms with Gasteiger partial charge in [0.25, 0.3) is 11.8 Å². The van der Waals surface area contributed by atoms with Crippen molar-refractivity contribution in [2.75, 3.05) is 32.1 Å². The Balaban J connectivity index is 1.79. The summed E-state index contributed by atoms with van der Waals surface area (Å²) in [5.41, 5.74) is 1.51. The van der Waals surface area contributed by atoms with E-state index in [2.05, 4.69) is 11.9 Å². The van der Waals surface area contributed by atoms with E-state index in [4.69, 9.17) is 11.6 Å². The first kappa shape index (κ1) is 20.6. The zero-order chi connectivity index (χ0) is 21.4. The van der Waals surface area contributed by atoms with Crippen LogP contribution in [-0.4, -0.2) is 54.8 Å². The standard InChI is InChI=1S/C23H23ClFN3O2/c1-26-12-10-18(11-13-26)27(2)21-20(15-6-8-16(24)9-7-15)22(29)28(23(21)30)19-5-3-4-17(25)14-19/h3-9,14,18H,10-13H2,1-2H3. The number of hydrogen-bond donors (Lipinski definition) is 0. The van der Waals surface area contributed by atoms with Crippen molar-refractivity contribution >= 4 is 34.7 Å². The van der Waals surface area contributed by atoms with Gasteiger partial charge in [-0.05, 0) is 68.9 Å². The number of hydrogen-bond acceptors (Lipinski definition) is 4. The maximum Gasteiger partial charge on any atom is 0.282 e. The van der Waals surface area contributed by atoms with Crippen molar-refractivity contribution in [3.8, 4) is 0 Å². The smallest absolute Gasteiger partial charge is 0.282 e. The molecule has 1 saturated heterocycles. The highest BCUT2D eigenvalue weighted by Gasteiger charge is 2.43. The second-order valence-corrected chi connectivity index (χ2v) is 8.24. The third kappa shape index (κ3) is 3.73. The van der Waals surface area contributed by atoms with E-state index in [9.17, 15) is 14.0 Å². The summed E-state index contributed by atoms with van der Waals surface area (Å²) in [6.07, 6.45) is 1.79. The summed E-state index contributed by atoms with van der Waals surface area (Å²) in [5, 5.41) is 0.545. The van der Waals surface area contributed by atoms with Crippen molar-refractivity contribution in [3.63, 3.8) is 0 Å².